The molecule has 0 radical (unpaired) electrons. The first-order valence-electron chi connectivity index (χ1n) is 9.58. The smallest absolute Gasteiger partial charge is 0.410 e. The predicted molar refractivity (Wildman–Crippen MR) is 117 cm³/mol. The summed E-state index contributed by atoms with van der Waals surface area (Å²) in [5.41, 5.74) is 1.66. The molecule has 0 fully saturated rings. The van der Waals surface area contributed by atoms with Crippen molar-refractivity contribution in [3.8, 4) is 11.3 Å². The minimum absolute atomic E-state index is 0.336. The van der Waals surface area contributed by atoms with Gasteiger partial charge in [0.15, 0.2) is 0 Å². The molecule has 3 rings (SSSR count). The minimum atomic E-state index is -0.533. The van der Waals surface area contributed by atoms with Gasteiger partial charge < -0.3 is 14.1 Å². The van der Waals surface area contributed by atoms with Crippen molar-refractivity contribution in [2.45, 2.75) is 49.6 Å². The lowest BCUT2D eigenvalue weighted by molar-refractivity contribution is 0.0275. The third-order valence-electron chi connectivity index (χ3n) is 4.21. The molecule has 0 N–H and O–H groups in total. The second-order valence-electron chi connectivity index (χ2n) is 7.97. The number of furan rings is 1. The van der Waals surface area contributed by atoms with E-state index in [-0.39, 0.29) is 6.09 Å². The van der Waals surface area contributed by atoms with Crippen LogP contribution in [0.3, 0.4) is 0 Å². The van der Waals surface area contributed by atoms with Gasteiger partial charge in [-0.15, -0.1) is 0 Å². The lowest BCUT2D eigenvalue weighted by Gasteiger charge is -2.24. The fourth-order valence-electron chi connectivity index (χ4n) is 2.85. The van der Waals surface area contributed by atoms with Crippen molar-refractivity contribution in [1.29, 1.82) is 0 Å². The Labute approximate surface area is 176 Å². The molecule has 4 nitrogen and oxygen atoms in total. The Morgan fingerprint density at radius 3 is 2.38 bits per heavy atom. The molecule has 0 aliphatic carbocycles. The third-order valence-corrected chi connectivity index (χ3v) is 5.24. The van der Waals surface area contributed by atoms with Crippen molar-refractivity contribution >= 4 is 17.9 Å². The largest absolute Gasteiger partial charge is 0.458 e. The lowest BCUT2D eigenvalue weighted by Crippen LogP contribution is -2.33. The number of carbonyl (C=O) groups is 1. The van der Waals surface area contributed by atoms with Crippen LogP contribution in [0.2, 0.25) is 0 Å². The summed E-state index contributed by atoms with van der Waals surface area (Å²) in [6, 6.07) is 20.4. The monoisotopic (exact) mass is 409 g/mol. The second-order valence-corrected chi connectivity index (χ2v) is 9.09. The molecule has 0 saturated carbocycles. The van der Waals surface area contributed by atoms with Gasteiger partial charge in [-0.05, 0) is 51.5 Å². The van der Waals surface area contributed by atoms with Crippen molar-refractivity contribution in [2.75, 3.05) is 7.05 Å². The van der Waals surface area contributed by atoms with E-state index in [1.54, 1.807) is 18.8 Å². The summed E-state index contributed by atoms with van der Waals surface area (Å²) in [7, 11) is 1.72. The molecule has 1 heterocycles. The first-order valence-corrected chi connectivity index (χ1v) is 10.4. The summed E-state index contributed by atoms with van der Waals surface area (Å²) in [4.78, 5) is 16.0. The Balaban J connectivity index is 1.90. The van der Waals surface area contributed by atoms with Gasteiger partial charge in [-0.3, -0.25) is 0 Å². The van der Waals surface area contributed by atoms with Gasteiger partial charge in [0.2, 0.25) is 0 Å². The number of amides is 1. The van der Waals surface area contributed by atoms with Crippen molar-refractivity contribution < 1.29 is 13.9 Å². The first-order chi connectivity index (χ1) is 13.7. The zero-order valence-electron chi connectivity index (χ0n) is 17.6. The summed E-state index contributed by atoms with van der Waals surface area (Å²) in [6.07, 6.45) is -0.372. The third kappa shape index (κ3) is 5.67. The molecular weight excluding hydrogens is 382 g/mol. The van der Waals surface area contributed by atoms with E-state index in [9.17, 15) is 4.79 Å². The van der Waals surface area contributed by atoms with E-state index < -0.39 is 5.60 Å². The van der Waals surface area contributed by atoms with E-state index in [2.05, 4.69) is 31.2 Å². The lowest BCUT2D eigenvalue weighted by atomic mass is 10.1. The quantitative estimate of drug-likeness (QED) is 0.466. The van der Waals surface area contributed by atoms with Crippen molar-refractivity contribution in [3.63, 3.8) is 0 Å². The van der Waals surface area contributed by atoms with E-state index in [4.69, 9.17) is 9.15 Å². The highest BCUT2D eigenvalue weighted by Gasteiger charge is 2.22. The van der Waals surface area contributed by atoms with Crippen molar-refractivity contribution in [2.24, 2.45) is 0 Å². The number of hydrogen-bond acceptors (Lipinski definition) is 4. The molecule has 1 aromatic heterocycles. The summed E-state index contributed by atoms with van der Waals surface area (Å²) < 4.78 is 11.7. The van der Waals surface area contributed by atoms with Crippen LogP contribution in [0.1, 0.15) is 32.1 Å². The van der Waals surface area contributed by atoms with Gasteiger partial charge in [-0.25, -0.2) is 4.79 Å². The molecule has 0 aliphatic heterocycles. The molecule has 152 valence electrons. The number of benzene rings is 2. The van der Waals surface area contributed by atoms with E-state index >= 15 is 0 Å². The number of ether oxygens (including phenoxy) is 1. The predicted octanol–water partition coefficient (Wildman–Crippen LogP) is 6.77. The van der Waals surface area contributed by atoms with Gasteiger partial charge in [0.1, 0.15) is 17.1 Å². The van der Waals surface area contributed by atoms with Gasteiger partial charge in [0.05, 0.1) is 11.4 Å². The maximum atomic E-state index is 12.3. The number of aryl methyl sites for hydroxylation is 1. The Hall–Kier alpha value is -2.66. The molecule has 29 heavy (non-hydrogen) atoms. The van der Waals surface area contributed by atoms with E-state index in [1.807, 2.05) is 57.2 Å². The van der Waals surface area contributed by atoms with Gasteiger partial charge in [-0.1, -0.05) is 54.2 Å². The van der Waals surface area contributed by atoms with Crippen LogP contribution in [-0.2, 0) is 11.3 Å². The van der Waals surface area contributed by atoms with E-state index in [1.165, 1.54) is 4.90 Å². The Morgan fingerprint density at radius 2 is 1.72 bits per heavy atom. The van der Waals surface area contributed by atoms with Crippen LogP contribution in [0, 0.1) is 6.92 Å². The normalized spacial score (nSPS) is 11.3. The van der Waals surface area contributed by atoms with E-state index in [0.29, 0.717) is 6.54 Å². The molecule has 0 atom stereocenters. The van der Waals surface area contributed by atoms with Gasteiger partial charge in [-0.2, -0.15) is 0 Å². The number of carbonyl (C=O) groups excluding carboxylic acids is 1. The van der Waals surface area contributed by atoms with Crippen LogP contribution in [-0.4, -0.2) is 23.6 Å². The number of hydrogen-bond donors (Lipinski definition) is 0. The summed E-state index contributed by atoms with van der Waals surface area (Å²) in [5, 5.41) is 0. The zero-order chi connectivity index (χ0) is 21.0. The van der Waals surface area contributed by atoms with Crippen molar-refractivity contribution in [3.05, 3.63) is 72.0 Å². The molecule has 0 unspecified atom stereocenters. The standard InChI is InChI=1S/C24H27NO3S/c1-17-11-9-10-14-20(17)22-21(29-19-12-7-6-8-13-19)15-18(27-22)16-25(5)23(26)28-24(2,3)4/h6-15H,16H2,1-5H3. The Morgan fingerprint density at radius 1 is 1.07 bits per heavy atom. The average molecular weight is 410 g/mol. The fraction of sp³-hybridized carbons (Fsp3) is 0.292. The average Bonchev–Trinajstić information content (AvgIpc) is 3.03. The van der Waals surface area contributed by atoms with Gasteiger partial charge in [0, 0.05) is 17.5 Å². The van der Waals surface area contributed by atoms with Gasteiger partial charge >= 0.3 is 6.09 Å². The second kappa shape index (κ2) is 8.78. The van der Waals surface area contributed by atoms with Crippen LogP contribution in [0.15, 0.2) is 74.9 Å². The topological polar surface area (TPSA) is 42.7 Å². The van der Waals surface area contributed by atoms with Crippen molar-refractivity contribution in [1.82, 2.24) is 4.90 Å². The number of rotatable bonds is 5. The SMILES string of the molecule is Cc1ccccc1-c1oc(CN(C)C(=O)OC(C)(C)C)cc1Sc1ccccc1. The molecular formula is C24H27NO3S. The molecule has 1 amide bonds. The Kier molecular flexibility index (Phi) is 6.38. The highest BCUT2D eigenvalue weighted by molar-refractivity contribution is 7.99. The highest BCUT2D eigenvalue weighted by atomic mass is 32.2. The molecule has 5 heteroatoms. The molecule has 0 spiro atoms. The minimum Gasteiger partial charge on any atom is -0.458 e. The van der Waals surface area contributed by atoms with Crippen LogP contribution >= 0.6 is 11.8 Å². The molecule has 0 bridgehead atoms. The maximum absolute atomic E-state index is 12.3. The molecule has 2 aromatic carbocycles. The molecule has 0 saturated heterocycles. The summed E-state index contributed by atoms with van der Waals surface area (Å²) >= 11 is 1.66. The molecule has 0 aliphatic rings. The van der Waals surface area contributed by atoms with Crippen LogP contribution < -0.4 is 0 Å². The number of nitrogens with zero attached hydrogens (tertiary/aromatic N) is 1. The van der Waals surface area contributed by atoms with E-state index in [0.717, 1.165) is 32.4 Å². The maximum Gasteiger partial charge on any atom is 0.410 e. The van der Waals surface area contributed by atoms with Crippen LogP contribution in [0.5, 0.6) is 0 Å². The zero-order valence-corrected chi connectivity index (χ0v) is 18.4. The summed E-state index contributed by atoms with van der Waals surface area (Å²) in [5.74, 6) is 1.54. The van der Waals surface area contributed by atoms with Crippen LogP contribution in [0.25, 0.3) is 11.3 Å². The fourth-order valence-corrected chi connectivity index (χ4v) is 3.83. The highest BCUT2D eigenvalue weighted by Crippen LogP contribution is 2.39. The summed E-state index contributed by atoms with van der Waals surface area (Å²) in [6.45, 7) is 7.98. The Bertz CT molecular complexity index is 973. The van der Waals surface area contributed by atoms with Crippen LogP contribution in [0.4, 0.5) is 4.79 Å². The molecule has 3 aromatic rings. The first kappa shape index (κ1) is 21.1. The van der Waals surface area contributed by atoms with Gasteiger partial charge in [0.25, 0.3) is 0 Å².